The van der Waals surface area contributed by atoms with Gasteiger partial charge in [0, 0.05) is 36.5 Å². The van der Waals surface area contributed by atoms with Crippen LogP contribution in [0, 0.1) is 0 Å². The molecule has 0 radical (unpaired) electrons. The Bertz CT molecular complexity index is 1940. The van der Waals surface area contributed by atoms with E-state index in [1.807, 2.05) is 11.3 Å². The standard InChI is InChI=1S/C41H48OS/c1-10-15-26(2)27-17-14-20-33-35(27)29-18-13-19-31(37(29)42-33)41(8,9)25-24-40(6,7)30-22-23-32(39(3,4)5)38-36(30)28-16-11-12-21-34(28)43-38/h11-14,16-23,26H,10,15,24-25H2,1-9H3. The van der Waals surface area contributed by atoms with Crippen molar-refractivity contribution in [3.63, 3.8) is 0 Å². The molecule has 0 bridgehead atoms. The maximum Gasteiger partial charge on any atom is 0.139 e. The summed E-state index contributed by atoms with van der Waals surface area (Å²) in [6.07, 6.45) is 4.53. The van der Waals surface area contributed by atoms with E-state index in [4.69, 9.17) is 4.42 Å². The molecule has 43 heavy (non-hydrogen) atoms. The molecule has 0 aliphatic rings. The van der Waals surface area contributed by atoms with E-state index in [9.17, 15) is 0 Å². The third-order valence-electron chi connectivity index (χ3n) is 9.97. The monoisotopic (exact) mass is 588 g/mol. The maximum atomic E-state index is 6.70. The molecule has 0 amide bonds. The molecule has 0 saturated heterocycles. The van der Waals surface area contributed by atoms with Gasteiger partial charge in [-0.05, 0) is 70.2 Å². The fourth-order valence-corrected chi connectivity index (χ4v) is 8.74. The van der Waals surface area contributed by atoms with E-state index in [0.717, 1.165) is 24.0 Å². The molecule has 6 aromatic rings. The van der Waals surface area contributed by atoms with Crippen molar-refractivity contribution in [1.82, 2.24) is 0 Å². The Hall–Kier alpha value is -3.10. The van der Waals surface area contributed by atoms with E-state index in [1.54, 1.807) is 0 Å². The smallest absolute Gasteiger partial charge is 0.139 e. The summed E-state index contributed by atoms with van der Waals surface area (Å²) < 4.78 is 9.54. The highest BCUT2D eigenvalue weighted by atomic mass is 32.1. The SMILES string of the molecule is CCCC(C)c1cccc2oc3c(C(C)(C)CCC(C)(C)c4ccc(C(C)(C)C)c5sc6ccccc6c45)cccc3c12. The van der Waals surface area contributed by atoms with Gasteiger partial charge in [-0.1, -0.05) is 129 Å². The van der Waals surface area contributed by atoms with Crippen molar-refractivity contribution < 1.29 is 4.42 Å². The predicted molar refractivity (Wildman–Crippen MR) is 190 cm³/mol. The van der Waals surface area contributed by atoms with Crippen molar-refractivity contribution >= 4 is 53.4 Å². The molecule has 0 spiro atoms. The van der Waals surface area contributed by atoms with E-state index >= 15 is 0 Å². The lowest BCUT2D eigenvalue weighted by Gasteiger charge is -2.33. The first-order chi connectivity index (χ1) is 20.3. The summed E-state index contributed by atoms with van der Waals surface area (Å²) in [6, 6.07) is 27.3. The van der Waals surface area contributed by atoms with Crippen LogP contribution in [-0.2, 0) is 16.2 Å². The van der Waals surface area contributed by atoms with Crippen LogP contribution in [0.4, 0.5) is 0 Å². The Balaban J connectivity index is 1.40. The minimum Gasteiger partial charge on any atom is -0.456 e. The van der Waals surface area contributed by atoms with Crippen LogP contribution in [0.25, 0.3) is 42.1 Å². The Morgan fingerprint density at radius 1 is 0.674 bits per heavy atom. The predicted octanol–water partition coefficient (Wildman–Crippen LogP) is 13.2. The lowest BCUT2D eigenvalue weighted by atomic mass is 9.71. The number of para-hydroxylation sites is 1. The molecule has 0 aliphatic heterocycles. The summed E-state index contributed by atoms with van der Waals surface area (Å²) in [5, 5.41) is 5.43. The first-order valence-corrected chi connectivity index (χ1v) is 17.0. The van der Waals surface area contributed by atoms with Gasteiger partial charge in [-0.2, -0.15) is 0 Å². The van der Waals surface area contributed by atoms with E-state index in [-0.39, 0.29) is 16.2 Å². The average Bonchev–Trinajstić information content (AvgIpc) is 3.54. The molecule has 6 rings (SSSR count). The molecule has 1 atom stereocenters. The fourth-order valence-electron chi connectivity index (χ4n) is 7.28. The normalized spacial score (nSPS) is 14.0. The number of hydrogen-bond donors (Lipinski definition) is 0. The van der Waals surface area contributed by atoms with Crippen LogP contribution >= 0.6 is 11.3 Å². The number of hydrogen-bond acceptors (Lipinski definition) is 2. The number of benzene rings is 4. The van der Waals surface area contributed by atoms with Crippen molar-refractivity contribution in [1.29, 1.82) is 0 Å². The van der Waals surface area contributed by atoms with Gasteiger partial charge in [-0.25, -0.2) is 0 Å². The highest BCUT2D eigenvalue weighted by Gasteiger charge is 2.32. The first-order valence-electron chi connectivity index (χ1n) is 16.2. The highest BCUT2D eigenvalue weighted by molar-refractivity contribution is 7.26. The highest BCUT2D eigenvalue weighted by Crippen LogP contribution is 2.47. The van der Waals surface area contributed by atoms with Crippen molar-refractivity contribution in [2.75, 3.05) is 0 Å². The molecule has 0 N–H and O–H groups in total. The van der Waals surface area contributed by atoms with E-state index in [2.05, 4.69) is 135 Å². The van der Waals surface area contributed by atoms with E-state index < -0.39 is 0 Å². The number of furan rings is 1. The summed E-state index contributed by atoms with van der Waals surface area (Å²) in [5.74, 6) is 0.515. The van der Waals surface area contributed by atoms with Gasteiger partial charge >= 0.3 is 0 Å². The van der Waals surface area contributed by atoms with Crippen LogP contribution in [-0.4, -0.2) is 0 Å². The van der Waals surface area contributed by atoms with Gasteiger partial charge in [-0.3, -0.25) is 0 Å². The zero-order chi connectivity index (χ0) is 30.7. The second-order valence-corrected chi connectivity index (χ2v) is 16.2. The van der Waals surface area contributed by atoms with Crippen LogP contribution < -0.4 is 0 Å². The zero-order valence-electron chi connectivity index (χ0n) is 27.7. The lowest BCUT2D eigenvalue weighted by Crippen LogP contribution is -2.25. The third-order valence-corrected chi connectivity index (χ3v) is 11.2. The van der Waals surface area contributed by atoms with Crippen molar-refractivity contribution in [3.8, 4) is 0 Å². The van der Waals surface area contributed by atoms with Gasteiger partial charge in [0.1, 0.15) is 11.2 Å². The summed E-state index contributed by atoms with van der Waals surface area (Å²) in [6.45, 7) is 21.4. The second-order valence-electron chi connectivity index (χ2n) is 15.2. The van der Waals surface area contributed by atoms with Crippen molar-refractivity contribution in [2.45, 2.75) is 110 Å². The molecule has 0 saturated carbocycles. The molecular formula is C41H48OS. The molecule has 1 nitrogen and oxygen atoms in total. The molecular weight excluding hydrogens is 541 g/mol. The molecule has 2 heterocycles. The summed E-state index contributed by atoms with van der Waals surface area (Å²) in [7, 11) is 0. The molecule has 224 valence electrons. The van der Waals surface area contributed by atoms with Gasteiger partial charge in [0.05, 0.1) is 0 Å². The van der Waals surface area contributed by atoms with Crippen molar-refractivity contribution in [3.05, 3.63) is 95.1 Å². The Morgan fingerprint density at radius 2 is 1.33 bits per heavy atom. The summed E-state index contributed by atoms with van der Waals surface area (Å²) in [5.41, 5.74) is 7.82. The number of thiophene rings is 1. The maximum absolute atomic E-state index is 6.70. The van der Waals surface area contributed by atoms with Crippen LogP contribution in [0.2, 0.25) is 0 Å². The van der Waals surface area contributed by atoms with Crippen LogP contribution in [0.5, 0.6) is 0 Å². The number of fused-ring (bicyclic) bond motifs is 6. The van der Waals surface area contributed by atoms with Crippen LogP contribution in [0.3, 0.4) is 0 Å². The fraction of sp³-hybridized carbons (Fsp3) is 0.415. The minimum absolute atomic E-state index is 0.0142. The van der Waals surface area contributed by atoms with Gasteiger partial charge < -0.3 is 4.42 Å². The third kappa shape index (κ3) is 5.20. The van der Waals surface area contributed by atoms with Gasteiger partial charge in [-0.15, -0.1) is 11.3 Å². The zero-order valence-corrected chi connectivity index (χ0v) is 28.5. The van der Waals surface area contributed by atoms with Crippen LogP contribution in [0.1, 0.15) is 116 Å². The van der Waals surface area contributed by atoms with E-state index in [1.165, 1.54) is 66.0 Å². The quantitative estimate of drug-likeness (QED) is 0.172. The first kappa shape index (κ1) is 29.9. The minimum atomic E-state index is -0.0406. The molecule has 2 aromatic heterocycles. The molecule has 0 aliphatic carbocycles. The van der Waals surface area contributed by atoms with Crippen LogP contribution in [0.15, 0.2) is 77.2 Å². The Kier molecular flexibility index (Phi) is 7.53. The Labute approximate surface area is 262 Å². The summed E-state index contributed by atoms with van der Waals surface area (Å²) >= 11 is 1.96. The Morgan fingerprint density at radius 3 is 2.05 bits per heavy atom. The largest absolute Gasteiger partial charge is 0.456 e. The number of rotatable bonds is 8. The van der Waals surface area contributed by atoms with E-state index in [0.29, 0.717) is 5.92 Å². The van der Waals surface area contributed by atoms with Crippen molar-refractivity contribution in [2.24, 2.45) is 0 Å². The average molecular weight is 589 g/mol. The lowest BCUT2D eigenvalue weighted by molar-refractivity contribution is 0.376. The molecule has 1 unspecified atom stereocenters. The topological polar surface area (TPSA) is 13.1 Å². The van der Waals surface area contributed by atoms with Gasteiger partial charge in [0.2, 0.25) is 0 Å². The van der Waals surface area contributed by atoms with Gasteiger partial charge in [0.15, 0.2) is 0 Å². The van der Waals surface area contributed by atoms with Gasteiger partial charge in [0.25, 0.3) is 0 Å². The molecule has 0 fully saturated rings. The summed E-state index contributed by atoms with van der Waals surface area (Å²) in [4.78, 5) is 0. The molecule has 2 heteroatoms. The molecule has 4 aromatic carbocycles. The second kappa shape index (κ2) is 10.8.